The predicted molar refractivity (Wildman–Crippen MR) is 77.6 cm³/mol. The van der Waals surface area contributed by atoms with Gasteiger partial charge in [0, 0.05) is 0 Å². The largest absolute Gasteiger partial charge is 0.481 e. The summed E-state index contributed by atoms with van der Waals surface area (Å²) in [5, 5.41) is 8.87. The van der Waals surface area contributed by atoms with Gasteiger partial charge in [-0.2, -0.15) is 0 Å². The molecular weight excluding hydrogens is 248 g/mol. The maximum absolute atomic E-state index is 10.8. The number of rotatable bonds is 3. The van der Waals surface area contributed by atoms with Crippen molar-refractivity contribution in [1.82, 2.24) is 0 Å². The van der Waals surface area contributed by atoms with Crippen LogP contribution in [0.1, 0.15) is 49.7 Å². The zero-order chi connectivity index (χ0) is 13.7. The average molecular weight is 270 g/mol. The van der Waals surface area contributed by atoms with Crippen molar-refractivity contribution < 1.29 is 9.90 Å². The number of carboxylic acid groups (broad SMARTS) is 1. The van der Waals surface area contributed by atoms with Gasteiger partial charge in [-0.05, 0) is 72.8 Å². The Morgan fingerprint density at radius 3 is 1.95 bits per heavy atom. The molecule has 0 heterocycles. The second-order valence-electron chi connectivity index (χ2n) is 7.47. The third-order valence-corrected chi connectivity index (χ3v) is 5.96. The van der Waals surface area contributed by atoms with Crippen LogP contribution in [-0.4, -0.2) is 11.1 Å². The monoisotopic (exact) mass is 270 g/mol. The molecule has 0 aliphatic heterocycles. The molecule has 5 rings (SSSR count). The molecule has 1 N–H and O–H groups in total. The summed E-state index contributed by atoms with van der Waals surface area (Å²) in [5.74, 6) is 2.13. The molecule has 4 saturated carbocycles. The molecule has 2 heteroatoms. The first-order chi connectivity index (χ1) is 9.63. The highest BCUT2D eigenvalue weighted by Gasteiger charge is 2.51. The van der Waals surface area contributed by atoms with Crippen LogP contribution in [0, 0.1) is 17.8 Å². The highest BCUT2D eigenvalue weighted by Crippen LogP contribution is 2.60. The van der Waals surface area contributed by atoms with Crippen LogP contribution in [0.5, 0.6) is 0 Å². The van der Waals surface area contributed by atoms with Crippen LogP contribution in [0.15, 0.2) is 24.3 Å². The fourth-order valence-electron chi connectivity index (χ4n) is 5.61. The second-order valence-corrected chi connectivity index (χ2v) is 7.47. The van der Waals surface area contributed by atoms with E-state index in [0.29, 0.717) is 5.41 Å². The SMILES string of the molecule is O=C(O)Cc1ccc(C23CC4CC(CC(C4)C2)C3)cc1. The van der Waals surface area contributed by atoms with Crippen molar-refractivity contribution in [2.45, 2.75) is 50.4 Å². The Kier molecular flexibility index (Phi) is 2.70. The molecule has 0 radical (unpaired) electrons. The molecule has 4 aliphatic carbocycles. The summed E-state index contributed by atoms with van der Waals surface area (Å²) in [4.78, 5) is 10.8. The maximum atomic E-state index is 10.8. The molecule has 2 nitrogen and oxygen atoms in total. The lowest BCUT2D eigenvalue weighted by atomic mass is 9.48. The van der Waals surface area contributed by atoms with E-state index in [1.54, 1.807) is 0 Å². The first kappa shape index (κ1) is 12.4. The number of hydrogen-bond donors (Lipinski definition) is 1. The smallest absolute Gasteiger partial charge is 0.307 e. The minimum Gasteiger partial charge on any atom is -0.481 e. The minimum absolute atomic E-state index is 0.140. The Morgan fingerprint density at radius 2 is 1.50 bits per heavy atom. The molecule has 0 aromatic heterocycles. The van der Waals surface area contributed by atoms with Crippen molar-refractivity contribution in [2.75, 3.05) is 0 Å². The van der Waals surface area contributed by atoms with E-state index in [1.807, 2.05) is 12.1 Å². The number of aliphatic carboxylic acids is 1. The van der Waals surface area contributed by atoms with Gasteiger partial charge in [0.05, 0.1) is 6.42 Å². The van der Waals surface area contributed by atoms with Gasteiger partial charge in [0.15, 0.2) is 0 Å². The molecule has 106 valence electrons. The van der Waals surface area contributed by atoms with Gasteiger partial charge in [-0.15, -0.1) is 0 Å². The first-order valence-corrected chi connectivity index (χ1v) is 7.94. The van der Waals surface area contributed by atoms with Crippen LogP contribution >= 0.6 is 0 Å². The van der Waals surface area contributed by atoms with E-state index in [2.05, 4.69) is 12.1 Å². The number of hydrogen-bond acceptors (Lipinski definition) is 1. The van der Waals surface area contributed by atoms with Crippen molar-refractivity contribution in [1.29, 1.82) is 0 Å². The normalized spacial score (nSPS) is 38.1. The molecule has 4 fully saturated rings. The lowest BCUT2D eigenvalue weighted by Crippen LogP contribution is -2.48. The van der Waals surface area contributed by atoms with Gasteiger partial charge in [0.2, 0.25) is 0 Å². The summed E-state index contributed by atoms with van der Waals surface area (Å²) in [7, 11) is 0. The summed E-state index contributed by atoms with van der Waals surface area (Å²) < 4.78 is 0. The van der Waals surface area contributed by atoms with Crippen LogP contribution in [-0.2, 0) is 16.6 Å². The van der Waals surface area contributed by atoms with E-state index >= 15 is 0 Å². The Balaban J connectivity index is 1.62. The van der Waals surface area contributed by atoms with Crippen molar-refractivity contribution >= 4 is 5.97 Å². The number of carboxylic acids is 1. The van der Waals surface area contributed by atoms with Crippen molar-refractivity contribution in [3.8, 4) is 0 Å². The minimum atomic E-state index is -0.743. The Bertz CT molecular complexity index is 494. The summed E-state index contributed by atoms with van der Waals surface area (Å²) in [5.41, 5.74) is 2.83. The molecule has 1 aromatic rings. The number of benzene rings is 1. The quantitative estimate of drug-likeness (QED) is 0.907. The van der Waals surface area contributed by atoms with Crippen LogP contribution in [0.2, 0.25) is 0 Å². The third kappa shape index (κ3) is 1.97. The van der Waals surface area contributed by atoms with E-state index in [0.717, 1.165) is 23.3 Å². The van der Waals surface area contributed by atoms with E-state index in [-0.39, 0.29) is 6.42 Å². The molecule has 0 saturated heterocycles. The van der Waals surface area contributed by atoms with Crippen LogP contribution < -0.4 is 0 Å². The van der Waals surface area contributed by atoms with Crippen molar-refractivity contribution in [3.63, 3.8) is 0 Å². The summed E-state index contributed by atoms with van der Waals surface area (Å²) >= 11 is 0. The standard InChI is InChI=1S/C18H22O2/c19-17(20)8-12-1-3-16(4-2-12)18-9-13-5-14(10-18)7-15(6-13)11-18/h1-4,13-15H,5-11H2,(H,19,20). The highest BCUT2D eigenvalue weighted by atomic mass is 16.4. The van der Waals surface area contributed by atoms with Crippen molar-refractivity contribution in [3.05, 3.63) is 35.4 Å². The van der Waals surface area contributed by atoms with Gasteiger partial charge in [0.25, 0.3) is 0 Å². The van der Waals surface area contributed by atoms with Gasteiger partial charge >= 0.3 is 5.97 Å². The predicted octanol–water partition coefficient (Wildman–Crippen LogP) is 3.78. The van der Waals surface area contributed by atoms with Gasteiger partial charge in [-0.1, -0.05) is 24.3 Å². The van der Waals surface area contributed by atoms with Gasteiger partial charge < -0.3 is 5.11 Å². The van der Waals surface area contributed by atoms with Crippen LogP contribution in [0.25, 0.3) is 0 Å². The molecule has 0 spiro atoms. The average Bonchev–Trinajstić information content (AvgIpc) is 2.37. The van der Waals surface area contributed by atoms with Crippen LogP contribution in [0.3, 0.4) is 0 Å². The molecule has 0 amide bonds. The Labute approximate surface area is 120 Å². The second kappa shape index (κ2) is 4.34. The lowest BCUT2D eigenvalue weighted by Gasteiger charge is -2.57. The van der Waals surface area contributed by atoms with E-state index in [1.165, 1.54) is 44.1 Å². The van der Waals surface area contributed by atoms with Gasteiger partial charge in [-0.25, -0.2) is 0 Å². The lowest BCUT2D eigenvalue weighted by molar-refractivity contribution is -0.136. The maximum Gasteiger partial charge on any atom is 0.307 e. The fraction of sp³-hybridized carbons (Fsp3) is 0.611. The summed E-state index contributed by atoms with van der Waals surface area (Å²) in [6, 6.07) is 8.49. The molecule has 4 bridgehead atoms. The van der Waals surface area contributed by atoms with E-state index < -0.39 is 5.97 Å². The zero-order valence-corrected chi connectivity index (χ0v) is 11.8. The van der Waals surface area contributed by atoms with E-state index in [9.17, 15) is 4.79 Å². The molecule has 1 aromatic carbocycles. The molecule has 4 aliphatic rings. The van der Waals surface area contributed by atoms with Gasteiger partial charge in [0.1, 0.15) is 0 Å². The van der Waals surface area contributed by atoms with E-state index in [4.69, 9.17) is 5.11 Å². The fourth-order valence-corrected chi connectivity index (χ4v) is 5.61. The van der Waals surface area contributed by atoms with Gasteiger partial charge in [-0.3, -0.25) is 4.79 Å². The topological polar surface area (TPSA) is 37.3 Å². The highest BCUT2D eigenvalue weighted by molar-refractivity contribution is 5.70. The van der Waals surface area contributed by atoms with Crippen molar-refractivity contribution in [2.24, 2.45) is 17.8 Å². The Hall–Kier alpha value is -1.31. The molecule has 0 atom stereocenters. The Morgan fingerprint density at radius 1 is 1.00 bits per heavy atom. The first-order valence-electron chi connectivity index (χ1n) is 7.94. The summed E-state index contributed by atoms with van der Waals surface area (Å²) in [6.45, 7) is 0. The zero-order valence-electron chi connectivity index (χ0n) is 11.8. The summed E-state index contributed by atoms with van der Waals surface area (Å²) in [6.07, 6.45) is 8.66. The molecule has 0 unspecified atom stereocenters. The van der Waals surface area contributed by atoms with Crippen LogP contribution in [0.4, 0.5) is 0 Å². The third-order valence-electron chi connectivity index (χ3n) is 5.96. The molecular formula is C18H22O2. The molecule has 20 heavy (non-hydrogen) atoms. The number of carbonyl (C=O) groups is 1.